The molecule has 5 aliphatic rings. The molecule has 3 fully saturated rings. The van der Waals surface area contributed by atoms with E-state index in [1.807, 2.05) is 38.1 Å². The lowest BCUT2D eigenvalue weighted by atomic mass is 9.79. The van der Waals surface area contributed by atoms with Gasteiger partial charge in [-0.05, 0) is 113 Å². The fourth-order valence-electron chi connectivity index (χ4n) is 9.35. The summed E-state index contributed by atoms with van der Waals surface area (Å²) in [4.78, 5) is 63.8. The molecule has 0 spiro atoms. The number of carbonyl (C=O) groups excluding carboxylic acids is 4. The smallest absolute Gasteiger partial charge is 0.307 e. The number of amides is 2. The number of fused-ring (bicyclic) bond motifs is 5. The summed E-state index contributed by atoms with van der Waals surface area (Å²) in [5.74, 6) is -3.08. The van der Waals surface area contributed by atoms with Crippen LogP contribution in [-0.2, 0) is 40.4 Å². The monoisotopic (exact) mass is 871 g/mol. The van der Waals surface area contributed by atoms with Gasteiger partial charge in [0, 0.05) is 23.8 Å². The van der Waals surface area contributed by atoms with Gasteiger partial charge in [0.15, 0.2) is 11.4 Å². The molecule has 1 N–H and O–H groups in total. The Bertz CT molecular complexity index is 2190. The van der Waals surface area contributed by atoms with Crippen LogP contribution >= 0.6 is 0 Å². The molecule has 2 aliphatic carbocycles. The topological polar surface area (TPSA) is 168 Å². The molecule has 16 heteroatoms. The summed E-state index contributed by atoms with van der Waals surface area (Å²) in [5, 5.41) is 1.52. The Kier molecular flexibility index (Phi) is 12.5. The number of nitrogens with one attached hydrogen (secondary N) is 1. The van der Waals surface area contributed by atoms with E-state index in [4.69, 9.17) is 23.9 Å². The van der Waals surface area contributed by atoms with Crippen molar-refractivity contribution in [3.8, 4) is 17.5 Å². The van der Waals surface area contributed by atoms with Crippen LogP contribution in [0.1, 0.15) is 111 Å². The third kappa shape index (κ3) is 9.11. The number of halogens is 2. The molecular weight excluding hydrogens is 813 g/mol. The van der Waals surface area contributed by atoms with Gasteiger partial charge in [-0.2, -0.15) is 4.98 Å². The minimum atomic E-state index is -4.02. The average Bonchev–Trinajstić information content (AvgIpc) is 4.10. The third-order valence-corrected chi connectivity index (χ3v) is 15.9. The van der Waals surface area contributed by atoms with E-state index >= 15 is 4.79 Å². The highest BCUT2D eigenvalue weighted by atomic mass is 32.2. The Labute approximate surface area is 356 Å². The molecule has 2 aromatic rings. The first kappa shape index (κ1) is 44.7. The van der Waals surface area contributed by atoms with Crippen molar-refractivity contribution in [3.05, 3.63) is 35.9 Å². The summed E-state index contributed by atoms with van der Waals surface area (Å²) < 4.78 is 79.1. The van der Waals surface area contributed by atoms with Gasteiger partial charge in [0.1, 0.15) is 11.9 Å². The van der Waals surface area contributed by atoms with E-state index in [1.165, 1.54) is 4.90 Å². The first-order valence-electron chi connectivity index (χ1n) is 21.7. The molecule has 0 bridgehead atoms. The molecule has 2 saturated carbocycles. The lowest BCUT2D eigenvalue weighted by Gasteiger charge is -2.34. The van der Waals surface area contributed by atoms with Gasteiger partial charge in [0.05, 0.1) is 48.8 Å². The fourth-order valence-corrected chi connectivity index (χ4v) is 10.7. The molecule has 1 aromatic heterocycles. The maximum Gasteiger partial charge on any atom is 0.307 e. The van der Waals surface area contributed by atoms with E-state index in [2.05, 4.69) is 4.72 Å². The van der Waals surface area contributed by atoms with Crippen molar-refractivity contribution in [1.82, 2.24) is 14.6 Å². The largest absolute Gasteiger partial charge is 0.497 e. The quantitative estimate of drug-likeness (QED) is 0.185. The van der Waals surface area contributed by atoms with Crippen LogP contribution in [0.15, 0.2) is 30.4 Å². The number of esters is 1. The predicted octanol–water partition coefficient (Wildman–Crippen LogP) is 6.88. The van der Waals surface area contributed by atoms with Crippen molar-refractivity contribution in [1.29, 1.82) is 0 Å². The number of methoxy groups -OCH3 is 1. The van der Waals surface area contributed by atoms with Crippen LogP contribution in [0.4, 0.5) is 8.78 Å². The Morgan fingerprint density at radius 1 is 1.15 bits per heavy atom. The van der Waals surface area contributed by atoms with Crippen LogP contribution < -0.4 is 18.9 Å². The minimum absolute atomic E-state index is 0.0131. The second-order valence-electron chi connectivity index (χ2n) is 18.7. The number of ketones is 1. The van der Waals surface area contributed by atoms with Crippen molar-refractivity contribution in [3.63, 3.8) is 0 Å². The van der Waals surface area contributed by atoms with Crippen molar-refractivity contribution < 1.29 is 55.3 Å². The Morgan fingerprint density at radius 3 is 2.59 bits per heavy atom. The summed E-state index contributed by atoms with van der Waals surface area (Å²) in [6, 6.07) is 4.40. The number of Topliss-reactive ketones (excluding diaryl/α,β-unsaturated/α-hetero) is 1. The van der Waals surface area contributed by atoms with Crippen LogP contribution in [0.3, 0.4) is 0 Å². The number of rotatable bonds is 11. The minimum Gasteiger partial charge on any atom is -0.497 e. The molecule has 13 nitrogen and oxygen atoms in total. The number of nitrogens with zero attached hydrogens (tertiary/aromatic N) is 2. The number of allylic oxidation sites excluding steroid dienone is 2. The maximum absolute atomic E-state index is 15.1. The second kappa shape index (κ2) is 17.1. The molecular formula is C45H59F2N3O10S. The fraction of sp³-hybridized carbons (Fsp3) is 0.667. The zero-order valence-corrected chi connectivity index (χ0v) is 36.8. The highest BCUT2D eigenvalue weighted by Gasteiger charge is 2.63. The first-order chi connectivity index (χ1) is 28.8. The second-order valence-corrected chi connectivity index (χ2v) is 20.9. The highest BCUT2D eigenvalue weighted by Crippen LogP contribution is 2.58. The number of hydrogen-bond acceptors (Lipinski definition) is 11. The molecule has 334 valence electrons. The molecule has 1 saturated heterocycles. The standard InChI is InChI=1S/C45H59F2N3O10S/c1-7-27-19-26(2)11-8-9-12-28-23-45(28,42(54)49-61(55,56)44(5)16-17-44)24-36(51)35-21-30(25-50(35)40(53)33(27)22-37(52)60-43(3,4)41(46)47)59-39-32-15-14-29(57-6)20-34(32)31-13-10-18-58-38(31)48-39/h9,12,14-15,20,26-28,30,33,35,41H,7-8,10-11,13,16-19,21-25H2,1-6H3,(H,49,54)/b12-9-/t26-,27-,28-,30-,33+,35+,45-/m1/s1. The number of sulfonamides is 1. The van der Waals surface area contributed by atoms with Crippen LogP contribution in [0, 0.1) is 29.1 Å². The van der Waals surface area contributed by atoms with Crippen molar-refractivity contribution in [2.75, 3.05) is 20.3 Å². The van der Waals surface area contributed by atoms with Gasteiger partial charge < -0.3 is 23.8 Å². The van der Waals surface area contributed by atoms with Gasteiger partial charge in [-0.3, -0.25) is 23.9 Å². The molecule has 2 amide bonds. The number of ether oxygens (including phenoxy) is 4. The third-order valence-electron chi connectivity index (χ3n) is 13.8. The molecule has 0 radical (unpaired) electrons. The summed E-state index contributed by atoms with van der Waals surface area (Å²) in [6.45, 7) is 8.17. The lowest BCUT2D eigenvalue weighted by Crippen LogP contribution is -2.48. The normalized spacial score (nSPS) is 29.6. The Balaban J connectivity index is 1.26. The molecule has 61 heavy (non-hydrogen) atoms. The maximum atomic E-state index is 15.1. The van der Waals surface area contributed by atoms with Crippen LogP contribution in [-0.4, -0.2) is 91.0 Å². The SMILES string of the molecule is CC[C@@H]1C[C@H](C)CC/C=C\[C@@H]2C[C@@]2(C(=O)NS(=O)(=O)C2(C)CC2)CC(=O)[C@@H]2C[C@@H](Oc3nc4c(c5cc(OC)ccc35)CCCO4)CN2C(=O)[C@H]1CC(=O)OC(C)(C)C(F)F. The number of aromatic nitrogens is 1. The number of pyridine rings is 1. The molecule has 3 aliphatic heterocycles. The number of aryl methyl sites for hydroxylation is 1. The summed E-state index contributed by atoms with van der Waals surface area (Å²) in [6.07, 6.45) is 4.33. The molecule has 0 unspecified atom stereocenters. The highest BCUT2D eigenvalue weighted by molar-refractivity contribution is 7.91. The van der Waals surface area contributed by atoms with Crippen LogP contribution in [0.25, 0.3) is 10.8 Å². The van der Waals surface area contributed by atoms with Gasteiger partial charge in [-0.1, -0.05) is 32.4 Å². The zero-order chi connectivity index (χ0) is 44.1. The lowest BCUT2D eigenvalue weighted by molar-refractivity contribution is -0.174. The summed E-state index contributed by atoms with van der Waals surface area (Å²) in [7, 11) is -2.44. The van der Waals surface area contributed by atoms with E-state index in [9.17, 15) is 31.6 Å². The Hall–Kier alpha value is -4.34. The van der Waals surface area contributed by atoms with E-state index in [0.717, 1.165) is 37.6 Å². The summed E-state index contributed by atoms with van der Waals surface area (Å²) >= 11 is 0. The van der Waals surface area contributed by atoms with E-state index in [1.54, 1.807) is 20.1 Å². The van der Waals surface area contributed by atoms with E-state index in [-0.39, 0.29) is 43.5 Å². The molecule has 1 aromatic carbocycles. The predicted molar refractivity (Wildman–Crippen MR) is 222 cm³/mol. The van der Waals surface area contributed by atoms with Gasteiger partial charge in [0.2, 0.25) is 33.6 Å². The first-order valence-corrected chi connectivity index (χ1v) is 23.2. The summed E-state index contributed by atoms with van der Waals surface area (Å²) in [5.41, 5.74) is -2.53. The van der Waals surface area contributed by atoms with E-state index < -0.39 is 86.2 Å². The van der Waals surface area contributed by atoms with Crippen molar-refractivity contribution in [2.24, 2.45) is 29.1 Å². The molecule has 4 heterocycles. The van der Waals surface area contributed by atoms with Crippen LogP contribution in [0.2, 0.25) is 0 Å². The average molecular weight is 872 g/mol. The van der Waals surface area contributed by atoms with Gasteiger partial charge in [-0.25, -0.2) is 17.2 Å². The molecule has 7 rings (SSSR count). The van der Waals surface area contributed by atoms with Crippen molar-refractivity contribution in [2.45, 2.75) is 141 Å². The van der Waals surface area contributed by atoms with Crippen molar-refractivity contribution >= 4 is 44.4 Å². The van der Waals surface area contributed by atoms with Crippen LogP contribution in [0.5, 0.6) is 17.5 Å². The number of benzene rings is 1. The van der Waals surface area contributed by atoms with E-state index in [0.29, 0.717) is 62.1 Å². The molecule has 7 atom stereocenters. The number of carbonyl (C=O) groups is 4. The Morgan fingerprint density at radius 2 is 1.90 bits per heavy atom. The van der Waals surface area contributed by atoms with Gasteiger partial charge in [-0.15, -0.1) is 0 Å². The van der Waals surface area contributed by atoms with Gasteiger partial charge in [0.25, 0.3) is 6.43 Å². The zero-order valence-electron chi connectivity index (χ0n) is 36.0. The number of hydrogen-bond donors (Lipinski definition) is 1. The number of alkyl halides is 2. The van der Waals surface area contributed by atoms with Gasteiger partial charge >= 0.3 is 5.97 Å².